The molecule has 0 bridgehead atoms. The molecule has 58 valence electrons. The lowest BCUT2D eigenvalue weighted by molar-refractivity contribution is 0.219. The molecule has 10 heavy (non-hydrogen) atoms. The van der Waals surface area contributed by atoms with Gasteiger partial charge in [0.2, 0.25) is 0 Å². The number of rotatable bonds is 0. The minimum atomic E-state index is 0.707. The lowest BCUT2D eigenvalue weighted by Gasteiger charge is -2.30. The summed E-state index contributed by atoms with van der Waals surface area (Å²) in [6, 6.07) is 1.50. The second-order valence-electron chi connectivity index (χ2n) is 3.30. The zero-order chi connectivity index (χ0) is 6.97. The maximum atomic E-state index is 3.32. The molecular formula is C7H15N3. The van der Waals surface area contributed by atoms with Gasteiger partial charge in [0.15, 0.2) is 0 Å². The summed E-state index contributed by atoms with van der Waals surface area (Å²) in [6.45, 7) is 2.37. The van der Waals surface area contributed by atoms with Gasteiger partial charge < -0.3 is 4.90 Å². The minimum Gasteiger partial charge on any atom is -0.302 e. The van der Waals surface area contributed by atoms with Gasteiger partial charge in [0.1, 0.15) is 0 Å². The number of likely N-dealkylation sites (tertiary alicyclic amines) is 1. The van der Waals surface area contributed by atoms with E-state index in [4.69, 9.17) is 0 Å². The predicted octanol–water partition coefficient (Wildman–Crippen LogP) is -0.443. The quantitative estimate of drug-likeness (QED) is 0.479. The topological polar surface area (TPSA) is 27.3 Å². The van der Waals surface area contributed by atoms with E-state index in [-0.39, 0.29) is 0 Å². The molecule has 0 aromatic carbocycles. The molecule has 2 fully saturated rings. The van der Waals surface area contributed by atoms with Crippen LogP contribution in [-0.4, -0.2) is 37.1 Å². The fourth-order valence-corrected chi connectivity index (χ4v) is 2.02. The van der Waals surface area contributed by atoms with Crippen molar-refractivity contribution < 1.29 is 0 Å². The Balaban J connectivity index is 2.01. The maximum absolute atomic E-state index is 3.32. The van der Waals surface area contributed by atoms with Gasteiger partial charge in [-0.3, -0.25) is 10.9 Å². The highest BCUT2D eigenvalue weighted by Crippen LogP contribution is 2.19. The number of nitrogens with zero attached hydrogens (tertiary/aromatic N) is 1. The zero-order valence-corrected chi connectivity index (χ0v) is 6.43. The molecule has 0 amide bonds. The summed E-state index contributed by atoms with van der Waals surface area (Å²) < 4.78 is 0. The third-order valence-corrected chi connectivity index (χ3v) is 2.68. The van der Waals surface area contributed by atoms with Gasteiger partial charge in [0.25, 0.3) is 0 Å². The normalized spacial score (nSPS) is 41.7. The lowest BCUT2D eigenvalue weighted by Crippen LogP contribution is -2.53. The molecule has 2 aliphatic rings. The van der Waals surface area contributed by atoms with E-state index >= 15 is 0 Å². The van der Waals surface area contributed by atoms with Crippen LogP contribution in [0.15, 0.2) is 0 Å². The van der Waals surface area contributed by atoms with E-state index in [1.54, 1.807) is 0 Å². The molecule has 2 N–H and O–H groups in total. The number of hydrazine groups is 1. The molecule has 0 radical (unpaired) electrons. The molecule has 2 atom stereocenters. The Hall–Kier alpha value is -0.120. The van der Waals surface area contributed by atoms with Crippen LogP contribution in [0.5, 0.6) is 0 Å². The number of hydrogen-bond donors (Lipinski definition) is 2. The summed E-state index contributed by atoms with van der Waals surface area (Å²) in [4.78, 5) is 2.46. The molecule has 0 aromatic heterocycles. The monoisotopic (exact) mass is 141 g/mol. The smallest absolute Gasteiger partial charge is 0.0381 e. The Morgan fingerprint density at radius 2 is 2.30 bits per heavy atom. The van der Waals surface area contributed by atoms with Crippen LogP contribution in [0.25, 0.3) is 0 Å². The molecule has 0 spiro atoms. The van der Waals surface area contributed by atoms with Gasteiger partial charge in [0, 0.05) is 18.6 Å². The maximum Gasteiger partial charge on any atom is 0.0381 e. The second-order valence-corrected chi connectivity index (χ2v) is 3.30. The van der Waals surface area contributed by atoms with Gasteiger partial charge in [0.05, 0.1) is 0 Å². The largest absolute Gasteiger partial charge is 0.302 e. The van der Waals surface area contributed by atoms with E-state index in [9.17, 15) is 0 Å². The van der Waals surface area contributed by atoms with Crippen molar-refractivity contribution in [2.45, 2.75) is 24.9 Å². The van der Waals surface area contributed by atoms with Crippen LogP contribution in [0.1, 0.15) is 12.8 Å². The summed E-state index contributed by atoms with van der Waals surface area (Å²) in [5, 5.41) is 0. The average molecular weight is 141 g/mol. The first-order valence-electron chi connectivity index (χ1n) is 4.06. The number of fused-ring (bicyclic) bond motifs is 1. The molecule has 2 aliphatic heterocycles. The van der Waals surface area contributed by atoms with E-state index in [1.807, 2.05) is 0 Å². The van der Waals surface area contributed by atoms with Crippen molar-refractivity contribution in [2.24, 2.45) is 0 Å². The van der Waals surface area contributed by atoms with Gasteiger partial charge in [-0.2, -0.15) is 0 Å². The van der Waals surface area contributed by atoms with E-state index in [1.165, 1.54) is 19.4 Å². The van der Waals surface area contributed by atoms with E-state index in [0.29, 0.717) is 6.04 Å². The standard InChI is InChI=1S/C7H15N3/c1-10-5-3-6-7(10)2-4-8-9-6/h6-9H,2-5H2,1H3. The summed E-state index contributed by atoms with van der Waals surface area (Å²) >= 11 is 0. The Bertz CT molecular complexity index is 124. The molecule has 2 heterocycles. The summed E-state index contributed by atoms with van der Waals surface area (Å²) in [6.07, 6.45) is 2.60. The van der Waals surface area contributed by atoms with Crippen LogP contribution in [0.2, 0.25) is 0 Å². The van der Waals surface area contributed by atoms with Crippen molar-refractivity contribution in [3.05, 3.63) is 0 Å². The van der Waals surface area contributed by atoms with Gasteiger partial charge in [-0.25, -0.2) is 0 Å². The van der Waals surface area contributed by atoms with E-state index < -0.39 is 0 Å². The van der Waals surface area contributed by atoms with Crippen molar-refractivity contribution >= 4 is 0 Å². The Kier molecular flexibility index (Phi) is 1.64. The number of nitrogens with one attached hydrogen (secondary N) is 2. The van der Waals surface area contributed by atoms with Crippen LogP contribution >= 0.6 is 0 Å². The third kappa shape index (κ3) is 0.944. The summed E-state index contributed by atoms with van der Waals surface area (Å²) in [5.41, 5.74) is 6.52. The first kappa shape index (κ1) is 6.58. The second kappa shape index (κ2) is 2.49. The Morgan fingerprint density at radius 3 is 3.10 bits per heavy atom. The van der Waals surface area contributed by atoms with E-state index in [0.717, 1.165) is 12.6 Å². The molecule has 0 aromatic rings. The number of likely N-dealkylation sites (N-methyl/N-ethyl adjacent to an activating group) is 1. The predicted molar refractivity (Wildman–Crippen MR) is 40.6 cm³/mol. The highest BCUT2D eigenvalue weighted by atomic mass is 15.4. The van der Waals surface area contributed by atoms with Crippen LogP contribution in [0.4, 0.5) is 0 Å². The fourth-order valence-electron chi connectivity index (χ4n) is 2.02. The Labute approximate surface area is 61.7 Å². The van der Waals surface area contributed by atoms with Gasteiger partial charge in [-0.05, 0) is 26.4 Å². The van der Waals surface area contributed by atoms with Gasteiger partial charge in [-0.15, -0.1) is 0 Å². The van der Waals surface area contributed by atoms with Crippen LogP contribution in [-0.2, 0) is 0 Å². The van der Waals surface area contributed by atoms with Crippen LogP contribution in [0.3, 0.4) is 0 Å². The van der Waals surface area contributed by atoms with Crippen molar-refractivity contribution in [3.63, 3.8) is 0 Å². The third-order valence-electron chi connectivity index (χ3n) is 2.68. The molecule has 2 rings (SSSR count). The number of hydrogen-bond acceptors (Lipinski definition) is 3. The highest BCUT2D eigenvalue weighted by Gasteiger charge is 2.32. The lowest BCUT2D eigenvalue weighted by atomic mass is 10.1. The molecule has 0 aliphatic carbocycles. The molecule has 3 heteroatoms. The summed E-state index contributed by atoms with van der Waals surface area (Å²) in [7, 11) is 2.22. The molecule has 2 unspecified atom stereocenters. The first-order valence-corrected chi connectivity index (χ1v) is 4.06. The zero-order valence-electron chi connectivity index (χ0n) is 6.43. The average Bonchev–Trinajstić information content (AvgIpc) is 2.34. The van der Waals surface area contributed by atoms with Crippen molar-refractivity contribution in [1.82, 2.24) is 15.8 Å². The first-order chi connectivity index (χ1) is 4.88. The minimum absolute atomic E-state index is 0.707. The summed E-state index contributed by atoms with van der Waals surface area (Å²) in [5.74, 6) is 0. The van der Waals surface area contributed by atoms with Gasteiger partial charge >= 0.3 is 0 Å². The van der Waals surface area contributed by atoms with Crippen molar-refractivity contribution in [3.8, 4) is 0 Å². The Morgan fingerprint density at radius 1 is 1.40 bits per heavy atom. The van der Waals surface area contributed by atoms with Crippen molar-refractivity contribution in [1.29, 1.82) is 0 Å². The molecular weight excluding hydrogens is 126 g/mol. The highest BCUT2D eigenvalue weighted by molar-refractivity contribution is 4.91. The van der Waals surface area contributed by atoms with Crippen LogP contribution in [0, 0.1) is 0 Å². The SMILES string of the molecule is CN1CCC2NNCCC21. The van der Waals surface area contributed by atoms with Gasteiger partial charge in [-0.1, -0.05) is 0 Å². The van der Waals surface area contributed by atoms with Crippen LogP contribution < -0.4 is 10.9 Å². The van der Waals surface area contributed by atoms with Crippen molar-refractivity contribution in [2.75, 3.05) is 20.1 Å². The fraction of sp³-hybridized carbons (Fsp3) is 1.00. The molecule has 2 saturated heterocycles. The van der Waals surface area contributed by atoms with E-state index in [2.05, 4.69) is 22.8 Å². The molecule has 3 nitrogen and oxygen atoms in total. The molecule has 0 saturated carbocycles.